The van der Waals surface area contributed by atoms with Crippen LogP contribution in [0.4, 0.5) is 5.69 Å². The third kappa shape index (κ3) is 4.72. The number of nitrogens with zero attached hydrogens (tertiary/aromatic N) is 3. The molecule has 0 radical (unpaired) electrons. The Morgan fingerprint density at radius 1 is 1.35 bits per heavy atom. The first kappa shape index (κ1) is 17.3. The van der Waals surface area contributed by atoms with Crippen LogP contribution in [0.2, 0.25) is 0 Å². The molecule has 124 valence electrons. The topological polar surface area (TPSA) is 85.8 Å². The monoisotopic (exact) mass is 333 g/mol. The zero-order valence-electron chi connectivity index (χ0n) is 13.8. The normalized spacial score (nSPS) is 10.7. The standard InChI is InChI=1S/C16H23N5OS/c1-4-5-6-14-19-20-16(21(14)17)23-10-15(22)18-13-9-11(2)7-8-12(13)3/h7-9H,4-6,10,17H2,1-3H3,(H,18,22). The van der Waals surface area contributed by atoms with E-state index in [-0.39, 0.29) is 11.7 Å². The second-order valence-electron chi connectivity index (χ2n) is 5.53. The summed E-state index contributed by atoms with van der Waals surface area (Å²) in [6, 6.07) is 5.98. The van der Waals surface area contributed by atoms with Crippen molar-refractivity contribution in [1.29, 1.82) is 0 Å². The number of anilines is 1. The molecule has 2 aromatic rings. The van der Waals surface area contributed by atoms with Gasteiger partial charge in [0.1, 0.15) is 0 Å². The van der Waals surface area contributed by atoms with Gasteiger partial charge in [0, 0.05) is 12.1 Å². The van der Waals surface area contributed by atoms with Crippen LogP contribution < -0.4 is 11.2 Å². The predicted octanol–water partition coefficient (Wildman–Crippen LogP) is 2.68. The predicted molar refractivity (Wildman–Crippen MR) is 94.1 cm³/mol. The van der Waals surface area contributed by atoms with Gasteiger partial charge in [-0.3, -0.25) is 4.79 Å². The molecule has 0 saturated heterocycles. The summed E-state index contributed by atoms with van der Waals surface area (Å²) in [6.07, 6.45) is 2.90. The largest absolute Gasteiger partial charge is 0.336 e. The highest BCUT2D eigenvalue weighted by Crippen LogP contribution is 2.19. The van der Waals surface area contributed by atoms with E-state index in [4.69, 9.17) is 5.84 Å². The van der Waals surface area contributed by atoms with Gasteiger partial charge in [0.15, 0.2) is 5.82 Å². The number of hydrogen-bond donors (Lipinski definition) is 2. The minimum absolute atomic E-state index is 0.0817. The van der Waals surface area contributed by atoms with Crippen molar-refractivity contribution in [1.82, 2.24) is 14.9 Å². The van der Waals surface area contributed by atoms with E-state index in [2.05, 4.69) is 22.4 Å². The van der Waals surface area contributed by atoms with Gasteiger partial charge in [-0.1, -0.05) is 37.2 Å². The lowest BCUT2D eigenvalue weighted by atomic mass is 10.1. The maximum absolute atomic E-state index is 12.1. The summed E-state index contributed by atoms with van der Waals surface area (Å²) >= 11 is 1.29. The summed E-state index contributed by atoms with van der Waals surface area (Å²) < 4.78 is 1.48. The molecule has 23 heavy (non-hydrogen) atoms. The fourth-order valence-corrected chi connectivity index (χ4v) is 2.77. The van der Waals surface area contributed by atoms with E-state index in [1.807, 2.05) is 32.0 Å². The van der Waals surface area contributed by atoms with E-state index in [1.54, 1.807) is 0 Å². The molecule has 0 unspecified atom stereocenters. The van der Waals surface area contributed by atoms with Crippen LogP contribution >= 0.6 is 11.8 Å². The molecule has 1 aromatic heterocycles. The summed E-state index contributed by atoms with van der Waals surface area (Å²) in [4.78, 5) is 12.1. The number of nitrogens with one attached hydrogen (secondary N) is 1. The van der Waals surface area contributed by atoms with Crippen LogP contribution in [0, 0.1) is 13.8 Å². The van der Waals surface area contributed by atoms with Crippen LogP contribution in [0.5, 0.6) is 0 Å². The van der Waals surface area contributed by atoms with E-state index < -0.39 is 0 Å². The minimum Gasteiger partial charge on any atom is -0.336 e. The number of aryl methyl sites for hydroxylation is 3. The number of thioether (sulfide) groups is 1. The average molecular weight is 333 g/mol. The Bertz CT molecular complexity index is 683. The number of unbranched alkanes of at least 4 members (excludes halogenated alkanes) is 1. The maximum atomic E-state index is 12.1. The van der Waals surface area contributed by atoms with Gasteiger partial charge in [0.05, 0.1) is 5.75 Å². The molecule has 1 heterocycles. The zero-order chi connectivity index (χ0) is 16.8. The van der Waals surface area contributed by atoms with Crippen molar-refractivity contribution in [2.24, 2.45) is 0 Å². The second-order valence-corrected chi connectivity index (χ2v) is 6.47. The van der Waals surface area contributed by atoms with Crippen molar-refractivity contribution in [2.75, 3.05) is 16.9 Å². The number of benzene rings is 1. The Hall–Kier alpha value is -2.02. The molecule has 0 spiro atoms. The summed E-state index contributed by atoms with van der Waals surface area (Å²) in [6.45, 7) is 6.09. The molecule has 1 amide bonds. The summed E-state index contributed by atoms with van der Waals surface area (Å²) in [5, 5.41) is 11.6. The molecule has 0 aliphatic heterocycles. The molecule has 0 bridgehead atoms. The Morgan fingerprint density at radius 2 is 2.13 bits per heavy atom. The van der Waals surface area contributed by atoms with E-state index in [0.717, 1.165) is 41.9 Å². The molecule has 6 nitrogen and oxygen atoms in total. The Balaban J connectivity index is 1.92. The van der Waals surface area contributed by atoms with Gasteiger partial charge in [0.25, 0.3) is 0 Å². The smallest absolute Gasteiger partial charge is 0.234 e. The van der Waals surface area contributed by atoms with Gasteiger partial charge in [-0.15, -0.1) is 10.2 Å². The van der Waals surface area contributed by atoms with Gasteiger partial charge in [-0.2, -0.15) is 0 Å². The number of nitrogen functional groups attached to an aromatic ring is 1. The van der Waals surface area contributed by atoms with Gasteiger partial charge in [0.2, 0.25) is 11.1 Å². The number of hydrogen-bond acceptors (Lipinski definition) is 5. The van der Waals surface area contributed by atoms with E-state index in [1.165, 1.54) is 16.4 Å². The lowest BCUT2D eigenvalue weighted by Gasteiger charge is -2.09. The Morgan fingerprint density at radius 3 is 2.87 bits per heavy atom. The SMILES string of the molecule is CCCCc1nnc(SCC(=O)Nc2cc(C)ccc2C)n1N. The summed E-state index contributed by atoms with van der Waals surface area (Å²) in [7, 11) is 0. The first-order valence-electron chi connectivity index (χ1n) is 7.70. The van der Waals surface area contributed by atoms with Crippen molar-refractivity contribution in [3.63, 3.8) is 0 Å². The van der Waals surface area contributed by atoms with Crippen molar-refractivity contribution >= 4 is 23.4 Å². The maximum Gasteiger partial charge on any atom is 0.234 e. The fourth-order valence-electron chi connectivity index (χ4n) is 2.10. The molecule has 0 aliphatic rings. The lowest BCUT2D eigenvalue weighted by Crippen LogP contribution is -2.17. The van der Waals surface area contributed by atoms with Crippen LogP contribution in [0.3, 0.4) is 0 Å². The summed E-state index contributed by atoms with van der Waals surface area (Å²) in [5.74, 6) is 6.88. The first-order chi connectivity index (χ1) is 11.0. The number of rotatable bonds is 7. The first-order valence-corrected chi connectivity index (χ1v) is 8.69. The Kier molecular flexibility index (Phi) is 6.04. The quantitative estimate of drug-likeness (QED) is 0.601. The molecule has 0 fully saturated rings. The van der Waals surface area contributed by atoms with Crippen LogP contribution in [0.25, 0.3) is 0 Å². The lowest BCUT2D eigenvalue weighted by molar-refractivity contribution is -0.113. The van der Waals surface area contributed by atoms with Crippen molar-refractivity contribution < 1.29 is 4.79 Å². The fraction of sp³-hybridized carbons (Fsp3) is 0.438. The minimum atomic E-state index is -0.0817. The molecule has 0 atom stereocenters. The van der Waals surface area contributed by atoms with Gasteiger partial charge in [-0.25, -0.2) is 4.68 Å². The third-order valence-electron chi connectivity index (χ3n) is 3.49. The van der Waals surface area contributed by atoms with Crippen LogP contribution in [-0.4, -0.2) is 26.5 Å². The third-order valence-corrected chi connectivity index (χ3v) is 4.43. The molecule has 0 saturated carbocycles. The Labute approximate surface area is 140 Å². The van der Waals surface area contributed by atoms with Crippen LogP contribution in [-0.2, 0) is 11.2 Å². The number of carbonyl (C=O) groups excluding carboxylic acids is 1. The highest BCUT2D eigenvalue weighted by molar-refractivity contribution is 7.99. The average Bonchev–Trinajstić information content (AvgIpc) is 2.87. The highest BCUT2D eigenvalue weighted by Gasteiger charge is 2.12. The molecule has 1 aromatic carbocycles. The number of amides is 1. The molecule has 0 aliphatic carbocycles. The van der Waals surface area contributed by atoms with Crippen LogP contribution in [0.15, 0.2) is 23.4 Å². The van der Waals surface area contributed by atoms with Gasteiger partial charge >= 0.3 is 0 Å². The van der Waals surface area contributed by atoms with E-state index in [0.29, 0.717) is 5.16 Å². The second kappa shape index (κ2) is 8.01. The number of aromatic nitrogens is 3. The van der Waals surface area contributed by atoms with Crippen molar-refractivity contribution in [3.8, 4) is 0 Å². The van der Waals surface area contributed by atoms with E-state index >= 15 is 0 Å². The van der Waals surface area contributed by atoms with Crippen molar-refractivity contribution in [2.45, 2.75) is 45.2 Å². The highest BCUT2D eigenvalue weighted by atomic mass is 32.2. The van der Waals surface area contributed by atoms with Crippen molar-refractivity contribution in [3.05, 3.63) is 35.2 Å². The van der Waals surface area contributed by atoms with Crippen LogP contribution in [0.1, 0.15) is 36.7 Å². The zero-order valence-corrected chi connectivity index (χ0v) is 14.6. The summed E-state index contributed by atoms with van der Waals surface area (Å²) in [5.41, 5.74) is 2.99. The molecule has 7 heteroatoms. The number of carbonyl (C=O) groups is 1. The molecular formula is C16H23N5OS. The van der Waals surface area contributed by atoms with Gasteiger partial charge < -0.3 is 11.2 Å². The van der Waals surface area contributed by atoms with Gasteiger partial charge in [-0.05, 0) is 37.5 Å². The number of nitrogens with two attached hydrogens (primary N) is 1. The molecular weight excluding hydrogens is 310 g/mol. The van der Waals surface area contributed by atoms with E-state index in [9.17, 15) is 4.79 Å². The molecule has 2 rings (SSSR count). The molecule has 3 N–H and O–H groups in total.